The van der Waals surface area contributed by atoms with Crippen molar-refractivity contribution in [3.05, 3.63) is 57.8 Å². The predicted molar refractivity (Wildman–Crippen MR) is 160 cm³/mol. The van der Waals surface area contributed by atoms with E-state index >= 15 is 0 Å². The summed E-state index contributed by atoms with van der Waals surface area (Å²) in [5.74, 6) is -0.552. The number of halogens is 1. The van der Waals surface area contributed by atoms with Crippen LogP contribution in [0.25, 0.3) is 16.7 Å². The molecule has 20 radical (unpaired) electrons. The molecule has 1 saturated heterocycles. The van der Waals surface area contributed by atoms with Crippen LogP contribution in [0.1, 0.15) is 21.6 Å². The molecule has 0 spiro atoms. The van der Waals surface area contributed by atoms with Gasteiger partial charge in [-0.25, -0.2) is 0 Å². The summed E-state index contributed by atoms with van der Waals surface area (Å²) < 4.78 is 2.48. The number of hydrogen-bond acceptors (Lipinski definition) is 4. The molecule has 0 amide bonds. The topological polar surface area (TPSA) is 61.9 Å². The number of carbonyl (C=O) groups is 1. The van der Waals surface area contributed by atoms with Crippen LogP contribution in [-0.2, 0) is 0 Å². The van der Waals surface area contributed by atoms with Crippen LogP contribution in [0, 0.1) is 18.3 Å². The smallest absolute Gasteiger partial charge is 0.180 e. The van der Waals surface area contributed by atoms with E-state index in [1.54, 1.807) is 43.5 Å². The molecule has 1 aromatic carbocycles. The molecule has 0 saturated carbocycles. The van der Waals surface area contributed by atoms with E-state index in [2.05, 4.69) is 27.0 Å². The summed E-state index contributed by atoms with van der Waals surface area (Å²) in [5.41, 5.74) is 2.85. The number of fused-ring (bicyclic) bond motifs is 1. The maximum absolute atomic E-state index is 13.9. The molecular weight excluding hydrogens is 524 g/mol. The minimum Gasteiger partial charge on any atom is -0.320 e. The van der Waals surface area contributed by atoms with Crippen molar-refractivity contribution in [2.24, 2.45) is 0 Å². The molecule has 0 bridgehead atoms. The number of Topliss-reactive ketones (excluding diaryl/α,β-unsaturated/α-hetero) is 1. The second kappa shape index (κ2) is 9.10. The highest BCUT2D eigenvalue weighted by molar-refractivity contribution is 9.10. The summed E-state index contributed by atoms with van der Waals surface area (Å²) in [7, 11) is 62.2. The molecule has 0 unspecified atom stereocenters. The van der Waals surface area contributed by atoms with Gasteiger partial charge in [0.05, 0.1) is 113 Å². The lowest BCUT2D eigenvalue weighted by atomic mass is 9.05. The van der Waals surface area contributed by atoms with Crippen LogP contribution in [-0.4, -0.2) is 116 Å². The number of piperidine rings is 1. The lowest BCUT2D eigenvalue weighted by Crippen LogP contribution is -2.80. The number of benzene rings is 1. The number of likely N-dealkylation sites (tertiary alicyclic amines) is 1. The van der Waals surface area contributed by atoms with Gasteiger partial charge in [0, 0.05) is 22.1 Å². The monoisotopic (exact) mass is 536 g/mol. The van der Waals surface area contributed by atoms with Gasteiger partial charge in [0.15, 0.2) is 5.78 Å². The Morgan fingerprint density at radius 2 is 1.47 bits per heavy atom. The molecule has 162 valence electrons. The Morgan fingerprint density at radius 3 is 1.97 bits per heavy atom. The maximum atomic E-state index is 13.9. The molecule has 4 rings (SSSR count). The maximum Gasteiger partial charge on any atom is 0.180 e. The van der Waals surface area contributed by atoms with E-state index in [-0.39, 0.29) is 5.56 Å². The van der Waals surface area contributed by atoms with Gasteiger partial charge in [-0.3, -0.25) is 9.78 Å². The fraction of sp³-hybridized carbons (Fsp3) is 0.318. The molecule has 38 heavy (non-hydrogen) atoms. The zero-order valence-electron chi connectivity index (χ0n) is 20.5. The number of ketones is 1. The van der Waals surface area contributed by atoms with E-state index < -0.39 is 38.6 Å². The van der Waals surface area contributed by atoms with E-state index in [1.165, 1.54) is 0 Å². The van der Waals surface area contributed by atoms with Gasteiger partial charge in [0.1, 0.15) is 0 Å². The highest BCUT2D eigenvalue weighted by Gasteiger charge is 2.63. The van der Waals surface area contributed by atoms with Crippen molar-refractivity contribution in [2.75, 3.05) is 6.54 Å². The minimum absolute atomic E-state index is 0.208. The van der Waals surface area contributed by atoms with Gasteiger partial charge in [-0.15, -0.1) is 15.6 Å². The van der Waals surface area contributed by atoms with Crippen LogP contribution in [0.15, 0.2) is 41.0 Å². The highest BCUT2D eigenvalue weighted by atomic mass is 79.9. The lowest BCUT2D eigenvalue weighted by molar-refractivity contribution is 0.0690. The van der Waals surface area contributed by atoms with Crippen LogP contribution in [0.3, 0.4) is 0 Å². The molecule has 2 aromatic heterocycles. The number of hydrogen-bond donors (Lipinski definition) is 0. The van der Waals surface area contributed by atoms with Crippen molar-refractivity contribution in [3.8, 4) is 11.8 Å². The van der Waals surface area contributed by atoms with Gasteiger partial charge in [-0.05, 0) is 53.2 Å². The first kappa shape index (κ1) is 29.1. The van der Waals surface area contributed by atoms with Gasteiger partial charge in [-0.2, -0.15) is 5.26 Å². The number of rotatable bonds is 4. The third-order valence-corrected chi connectivity index (χ3v) is 7.87. The van der Waals surface area contributed by atoms with Gasteiger partial charge in [0.2, 0.25) is 0 Å². The SMILES string of the molecule is [B]C1([B])N(CC(=O)c2c(C)n(-c3ccc(C#N)cc3)c3cc(Br)cnc23)C([B])([B])C([B])([B])C([B])([B])C1([B])[B]. The van der Waals surface area contributed by atoms with Crippen LogP contribution in [0.5, 0.6) is 0 Å². The zero-order chi connectivity index (χ0) is 28.6. The summed E-state index contributed by atoms with van der Waals surface area (Å²) in [5, 5.41) is -2.66. The standard InChI is InChI=1S/C22H11B10BrN4O/c1-10-16(17-14(6-12(33)8-35-17)37(10)13-4-2-11(7-34)3-5-13)15(38)9-36-21(29,30)19(25,26)18(23,24)20(27,28)22(36,31)32/h2-6,8H,9H2,1H3. The first-order chi connectivity index (χ1) is 17.3. The van der Waals surface area contributed by atoms with Gasteiger partial charge >= 0.3 is 0 Å². The molecule has 5 nitrogen and oxygen atoms in total. The fourth-order valence-electron chi connectivity index (χ4n) is 4.85. The molecular formula is C22H11B10BrN4O. The van der Waals surface area contributed by atoms with Crippen molar-refractivity contribution in [1.29, 1.82) is 5.26 Å². The van der Waals surface area contributed by atoms with Crippen molar-refractivity contribution < 1.29 is 4.79 Å². The van der Waals surface area contributed by atoms with Gasteiger partial charge in [-0.1, -0.05) is 10.7 Å². The summed E-state index contributed by atoms with van der Waals surface area (Å²) >= 11 is 3.42. The highest BCUT2D eigenvalue weighted by Crippen LogP contribution is 2.68. The minimum atomic E-state index is -2.37. The quantitative estimate of drug-likeness (QED) is 0.344. The molecule has 1 fully saturated rings. The number of carbonyl (C=O) groups excluding carboxylic acids is 1. The van der Waals surface area contributed by atoms with Crippen LogP contribution >= 0.6 is 15.9 Å². The van der Waals surface area contributed by atoms with E-state index in [4.69, 9.17) is 78.5 Å². The average molecular weight is 535 g/mol. The van der Waals surface area contributed by atoms with Crippen molar-refractivity contribution >= 4 is 111 Å². The second-order valence-electron chi connectivity index (χ2n) is 9.74. The van der Waals surface area contributed by atoms with E-state index in [1.807, 2.05) is 4.57 Å². The first-order valence-electron chi connectivity index (χ1n) is 11.2. The Hall–Kier alpha value is -1.84. The second-order valence-corrected chi connectivity index (χ2v) is 10.7. The fourth-order valence-corrected chi connectivity index (χ4v) is 5.17. The van der Waals surface area contributed by atoms with Crippen LogP contribution in [0.4, 0.5) is 0 Å². The van der Waals surface area contributed by atoms with Crippen LogP contribution in [0.2, 0.25) is 15.6 Å². The van der Waals surface area contributed by atoms with Crippen molar-refractivity contribution in [3.63, 3.8) is 0 Å². The average Bonchev–Trinajstić information content (AvgIpc) is 3.11. The number of nitrogens with zero attached hydrogens (tertiary/aromatic N) is 4. The van der Waals surface area contributed by atoms with Crippen molar-refractivity contribution in [2.45, 2.75) is 33.2 Å². The summed E-state index contributed by atoms with van der Waals surface area (Å²) in [4.78, 5) is 19.3. The molecule has 0 atom stereocenters. The molecule has 3 heterocycles. The van der Waals surface area contributed by atoms with Gasteiger partial charge < -0.3 is 9.47 Å². The number of aromatic nitrogens is 2. The number of pyridine rings is 1. The Bertz CT molecular complexity index is 1460. The normalized spacial score (nSPS) is 21.0. The van der Waals surface area contributed by atoms with Gasteiger partial charge in [0.25, 0.3) is 0 Å². The van der Waals surface area contributed by atoms with E-state index in [0.717, 1.165) is 4.90 Å². The summed E-state index contributed by atoms with van der Waals surface area (Å²) in [6.45, 7) is 1.10. The molecule has 16 heteroatoms. The Morgan fingerprint density at radius 1 is 0.947 bits per heavy atom. The predicted octanol–water partition coefficient (Wildman–Crippen LogP) is -0.192. The third kappa shape index (κ3) is 3.82. The molecule has 0 N–H and O–H groups in total. The largest absolute Gasteiger partial charge is 0.320 e. The lowest BCUT2D eigenvalue weighted by Gasteiger charge is -2.78. The molecule has 3 aromatic rings. The Labute approximate surface area is 244 Å². The first-order valence-corrected chi connectivity index (χ1v) is 12.0. The Balaban J connectivity index is 1.88. The third-order valence-electron chi connectivity index (χ3n) is 7.43. The van der Waals surface area contributed by atoms with Crippen LogP contribution < -0.4 is 0 Å². The molecule has 1 aliphatic heterocycles. The molecule has 1 aliphatic rings. The summed E-state index contributed by atoms with van der Waals surface area (Å²) in [6.07, 6.45) is 1.54. The zero-order valence-corrected chi connectivity index (χ0v) is 22.1. The van der Waals surface area contributed by atoms with E-state index in [0.29, 0.717) is 32.5 Å². The Kier molecular flexibility index (Phi) is 6.98. The summed E-state index contributed by atoms with van der Waals surface area (Å²) in [6, 6.07) is 10.7. The molecule has 0 aliphatic carbocycles. The van der Waals surface area contributed by atoms with Crippen molar-refractivity contribution in [1.82, 2.24) is 14.5 Å². The van der Waals surface area contributed by atoms with E-state index in [9.17, 15) is 10.1 Å². The number of nitriles is 1.